The Morgan fingerprint density at radius 1 is 0.784 bits per heavy atom. The van der Waals surface area contributed by atoms with Crippen LogP contribution < -0.4 is 10.1 Å². The molecule has 0 unspecified atom stereocenters. The summed E-state index contributed by atoms with van der Waals surface area (Å²) in [6.45, 7) is -1.05. The molecule has 186 valence electrons. The molecule has 0 aromatic heterocycles. The van der Waals surface area contributed by atoms with Crippen molar-refractivity contribution in [3.63, 3.8) is 0 Å². The van der Waals surface area contributed by atoms with Gasteiger partial charge >= 0.3 is 5.97 Å². The minimum Gasteiger partial charge on any atom is -0.497 e. The number of esters is 1. The summed E-state index contributed by atoms with van der Waals surface area (Å²) in [5.74, 6) is -3.04. The van der Waals surface area contributed by atoms with Gasteiger partial charge in [-0.2, -0.15) is 0 Å². The van der Waals surface area contributed by atoms with E-state index >= 15 is 0 Å². The molecular formula is C29H24N2O6. The lowest BCUT2D eigenvalue weighted by Crippen LogP contribution is -2.41. The number of nitrogens with one attached hydrogen (secondary N) is 1. The number of hydrogen-bond acceptors (Lipinski definition) is 6. The van der Waals surface area contributed by atoms with Crippen LogP contribution in [0.1, 0.15) is 34.1 Å². The highest BCUT2D eigenvalue weighted by molar-refractivity contribution is 6.09. The van der Waals surface area contributed by atoms with Gasteiger partial charge < -0.3 is 14.8 Å². The van der Waals surface area contributed by atoms with E-state index in [1.807, 2.05) is 48.5 Å². The van der Waals surface area contributed by atoms with Gasteiger partial charge in [-0.05, 0) is 46.5 Å². The zero-order valence-electron chi connectivity index (χ0n) is 20.0. The van der Waals surface area contributed by atoms with Crippen molar-refractivity contribution in [3.8, 4) is 5.75 Å². The average molecular weight is 497 g/mol. The first kappa shape index (κ1) is 23.0. The van der Waals surface area contributed by atoms with E-state index in [1.165, 1.54) is 0 Å². The van der Waals surface area contributed by atoms with Crippen molar-refractivity contribution in [2.45, 2.75) is 11.8 Å². The van der Waals surface area contributed by atoms with E-state index in [0.29, 0.717) is 11.4 Å². The van der Waals surface area contributed by atoms with Gasteiger partial charge in [0.2, 0.25) is 11.8 Å². The maximum atomic E-state index is 13.5. The first-order chi connectivity index (χ1) is 18.0. The summed E-state index contributed by atoms with van der Waals surface area (Å²) in [5, 5.41) is 2.62. The Bertz CT molecular complexity index is 1320. The molecule has 3 aliphatic carbocycles. The Kier molecular flexibility index (Phi) is 5.52. The summed E-state index contributed by atoms with van der Waals surface area (Å²) in [6, 6.07) is 22.6. The number of anilines is 1. The molecule has 1 fully saturated rings. The SMILES string of the molecule is COc1ccc(NC(=O)COC(=O)CN2C(=O)[C@H]3C4c5ccccc5C(c5ccccc54)[C@@H]3C2=O)cc1. The van der Waals surface area contributed by atoms with Gasteiger partial charge in [0.05, 0.1) is 18.9 Å². The molecule has 0 spiro atoms. The van der Waals surface area contributed by atoms with Gasteiger partial charge in [0, 0.05) is 17.5 Å². The highest BCUT2D eigenvalue weighted by Crippen LogP contribution is 2.60. The highest BCUT2D eigenvalue weighted by atomic mass is 16.5. The Balaban J connectivity index is 1.16. The maximum absolute atomic E-state index is 13.5. The second-order valence-electron chi connectivity index (χ2n) is 9.46. The predicted octanol–water partition coefficient (Wildman–Crippen LogP) is 3.07. The molecule has 7 rings (SSSR count). The fraction of sp³-hybridized carbons (Fsp3) is 0.241. The number of hydrogen-bond donors (Lipinski definition) is 1. The first-order valence-electron chi connectivity index (χ1n) is 12.1. The third-order valence-corrected chi connectivity index (χ3v) is 7.57. The van der Waals surface area contributed by atoms with Crippen LogP contribution >= 0.6 is 0 Å². The zero-order chi connectivity index (χ0) is 25.7. The number of carbonyl (C=O) groups is 4. The molecule has 8 nitrogen and oxygen atoms in total. The summed E-state index contributed by atoms with van der Waals surface area (Å²) in [5.41, 5.74) is 4.77. The summed E-state index contributed by atoms with van der Waals surface area (Å²) in [4.78, 5) is 52.9. The third kappa shape index (κ3) is 3.67. The minimum absolute atomic E-state index is 0.241. The van der Waals surface area contributed by atoms with Gasteiger partial charge in [-0.25, -0.2) is 0 Å². The molecule has 8 heteroatoms. The number of likely N-dealkylation sites (tertiary alicyclic amines) is 1. The normalized spacial score (nSPS) is 22.7. The van der Waals surface area contributed by atoms with Crippen molar-refractivity contribution in [3.05, 3.63) is 95.1 Å². The van der Waals surface area contributed by atoms with Crippen molar-refractivity contribution in [1.29, 1.82) is 0 Å². The molecule has 2 atom stereocenters. The quantitative estimate of drug-likeness (QED) is 0.416. The lowest BCUT2D eigenvalue weighted by Gasteiger charge is -2.45. The van der Waals surface area contributed by atoms with Crippen molar-refractivity contribution < 1.29 is 28.7 Å². The van der Waals surface area contributed by atoms with Crippen LogP contribution in [0, 0.1) is 11.8 Å². The van der Waals surface area contributed by atoms with E-state index in [9.17, 15) is 19.2 Å². The number of methoxy groups -OCH3 is 1. The van der Waals surface area contributed by atoms with E-state index in [2.05, 4.69) is 5.32 Å². The molecule has 1 heterocycles. The summed E-state index contributed by atoms with van der Waals surface area (Å²) < 4.78 is 10.2. The molecule has 0 saturated carbocycles. The van der Waals surface area contributed by atoms with Gasteiger partial charge in [0.25, 0.3) is 5.91 Å². The van der Waals surface area contributed by atoms with Crippen LogP contribution in [0.3, 0.4) is 0 Å². The van der Waals surface area contributed by atoms with Gasteiger partial charge in [0.15, 0.2) is 6.61 Å². The predicted molar refractivity (Wildman–Crippen MR) is 133 cm³/mol. The average Bonchev–Trinajstić information content (AvgIpc) is 3.17. The van der Waals surface area contributed by atoms with E-state index in [4.69, 9.17) is 9.47 Å². The van der Waals surface area contributed by atoms with Gasteiger partial charge in [-0.1, -0.05) is 48.5 Å². The van der Waals surface area contributed by atoms with Crippen molar-refractivity contribution in [2.75, 3.05) is 25.6 Å². The fourth-order valence-electron chi connectivity index (χ4n) is 6.09. The molecule has 4 aliphatic rings. The molecule has 1 aliphatic heterocycles. The second-order valence-corrected chi connectivity index (χ2v) is 9.46. The molecule has 0 radical (unpaired) electrons. The van der Waals surface area contributed by atoms with Crippen LogP contribution in [0.25, 0.3) is 0 Å². The fourth-order valence-corrected chi connectivity index (χ4v) is 6.09. The lowest BCUT2D eigenvalue weighted by molar-refractivity contribution is -0.154. The molecule has 1 N–H and O–H groups in total. The number of carbonyl (C=O) groups excluding carboxylic acids is 4. The maximum Gasteiger partial charge on any atom is 0.326 e. The molecule has 2 bridgehead atoms. The first-order valence-corrected chi connectivity index (χ1v) is 12.1. The second kappa shape index (κ2) is 8.89. The highest BCUT2D eigenvalue weighted by Gasteiger charge is 2.61. The number of ether oxygens (including phenoxy) is 2. The Morgan fingerprint density at radius 2 is 1.27 bits per heavy atom. The third-order valence-electron chi connectivity index (χ3n) is 7.57. The number of imide groups is 1. The Labute approximate surface area is 213 Å². The summed E-state index contributed by atoms with van der Waals surface area (Å²) in [7, 11) is 1.54. The standard InChI is InChI=1S/C29H24N2O6/c1-36-17-12-10-16(11-13-17)30-22(32)15-37-23(33)14-31-28(34)26-24-18-6-2-3-7-19(18)25(27(26)29(31)35)21-9-5-4-8-20(21)24/h2-13,24-27H,14-15H2,1H3,(H,30,32)/t24?,25?,26-,27-/m0/s1. The Hall–Kier alpha value is -4.46. The van der Waals surface area contributed by atoms with Crippen molar-refractivity contribution in [2.24, 2.45) is 11.8 Å². The topological polar surface area (TPSA) is 102 Å². The smallest absolute Gasteiger partial charge is 0.326 e. The van der Waals surface area contributed by atoms with Gasteiger partial charge in [-0.3, -0.25) is 24.1 Å². The zero-order valence-corrected chi connectivity index (χ0v) is 20.0. The molecule has 3 amide bonds. The minimum atomic E-state index is -0.812. The van der Waals surface area contributed by atoms with Crippen LogP contribution in [-0.2, 0) is 23.9 Å². The molecule has 37 heavy (non-hydrogen) atoms. The summed E-state index contributed by atoms with van der Waals surface area (Å²) >= 11 is 0. The molecule has 3 aromatic carbocycles. The van der Waals surface area contributed by atoms with E-state index in [1.54, 1.807) is 31.4 Å². The number of amides is 3. The van der Waals surface area contributed by atoms with Crippen molar-refractivity contribution in [1.82, 2.24) is 4.90 Å². The van der Waals surface area contributed by atoms with Crippen LogP contribution in [0.2, 0.25) is 0 Å². The van der Waals surface area contributed by atoms with E-state index < -0.39 is 36.9 Å². The van der Waals surface area contributed by atoms with Crippen LogP contribution in [0.15, 0.2) is 72.8 Å². The number of nitrogens with zero attached hydrogens (tertiary/aromatic N) is 1. The van der Waals surface area contributed by atoms with Crippen LogP contribution in [-0.4, -0.2) is 48.9 Å². The van der Waals surface area contributed by atoms with E-state index in [-0.39, 0.29) is 23.7 Å². The van der Waals surface area contributed by atoms with Gasteiger partial charge in [-0.15, -0.1) is 0 Å². The molecular weight excluding hydrogens is 472 g/mol. The van der Waals surface area contributed by atoms with Crippen molar-refractivity contribution >= 4 is 29.4 Å². The largest absolute Gasteiger partial charge is 0.497 e. The Morgan fingerprint density at radius 3 is 1.73 bits per heavy atom. The summed E-state index contributed by atoms with van der Waals surface area (Å²) in [6.07, 6.45) is 0. The number of rotatable bonds is 6. The molecule has 3 aromatic rings. The lowest BCUT2D eigenvalue weighted by atomic mass is 9.55. The van der Waals surface area contributed by atoms with E-state index in [0.717, 1.165) is 27.2 Å². The molecule has 1 saturated heterocycles. The van der Waals surface area contributed by atoms with Crippen LogP contribution in [0.5, 0.6) is 5.75 Å². The van der Waals surface area contributed by atoms with Gasteiger partial charge in [0.1, 0.15) is 12.3 Å². The monoisotopic (exact) mass is 496 g/mol. The van der Waals surface area contributed by atoms with Crippen LogP contribution in [0.4, 0.5) is 5.69 Å². The number of benzene rings is 3.